The molecule has 1 aromatic carbocycles. The molecule has 3 N–H and O–H groups in total. The Bertz CT molecular complexity index is 672. The Balaban J connectivity index is 2.04. The molecule has 0 saturated carbocycles. The highest BCUT2D eigenvalue weighted by Gasteiger charge is 2.06. The fourth-order valence-corrected chi connectivity index (χ4v) is 2.35. The molecule has 2 aromatic heterocycles. The van der Waals surface area contributed by atoms with Crippen molar-refractivity contribution in [2.75, 3.05) is 5.73 Å². The van der Waals surface area contributed by atoms with E-state index in [4.69, 9.17) is 5.73 Å². The van der Waals surface area contributed by atoms with Gasteiger partial charge in [0.1, 0.15) is 5.82 Å². The molecule has 5 nitrogen and oxygen atoms in total. The van der Waals surface area contributed by atoms with E-state index in [1.54, 1.807) is 18.6 Å². The van der Waals surface area contributed by atoms with Crippen LogP contribution in [0.3, 0.4) is 0 Å². The van der Waals surface area contributed by atoms with E-state index in [1.165, 1.54) is 0 Å². The fourth-order valence-electron chi connectivity index (χ4n) is 1.77. The summed E-state index contributed by atoms with van der Waals surface area (Å²) in [4.78, 5) is 4.03. The minimum Gasteiger partial charge on any atom is -0.382 e. The van der Waals surface area contributed by atoms with Crippen LogP contribution in [0.25, 0.3) is 16.9 Å². The van der Waals surface area contributed by atoms with Gasteiger partial charge < -0.3 is 10.3 Å². The first-order valence-electron chi connectivity index (χ1n) is 5.33. The van der Waals surface area contributed by atoms with Gasteiger partial charge in [-0.3, -0.25) is 5.10 Å². The molecule has 6 heteroatoms. The molecule has 0 aliphatic rings. The highest BCUT2D eigenvalue weighted by atomic mass is 79.9. The van der Waals surface area contributed by atoms with Gasteiger partial charge in [-0.05, 0) is 28.1 Å². The lowest BCUT2D eigenvalue weighted by atomic mass is 10.1. The second-order valence-corrected chi connectivity index (χ2v) is 4.70. The molecule has 0 fully saturated rings. The number of aromatic nitrogens is 4. The SMILES string of the molecule is Nc1cc(-c2ccc(-n3ccnc3)c(Br)c2)[nH]n1. The van der Waals surface area contributed by atoms with E-state index < -0.39 is 0 Å². The molecular formula is C12H10BrN5. The molecule has 0 spiro atoms. The predicted octanol–water partition coefficient (Wildman–Crippen LogP) is 2.61. The van der Waals surface area contributed by atoms with Gasteiger partial charge in [-0.15, -0.1) is 0 Å². The minimum atomic E-state index is 0.486. The number of rotatable bonds is 2. The summed E-state index contributed by atoms with van der Waals surface area (Å²) in [5.41, 5.74) is 8.54. The number of hydrogen-bond donors (Lipinski definition) is 2. The van der Waals surface area contributed by atoms with Gasteiger partial charge in [0.2, 0.25) is 0 Å². The first-order chi connectivity index (χ1) is 8.74. The number of nitrogen functional groups attached to an aromatic ring is 1. The maximum Gasteiger partial charge on any atom is 0.145 e. The molecule has 0 aliphatic heterocycles. The largest absolute Gasteiger partial charge is 0.382 e. The standard InChI is InChI=1S/C12H10BrN5/c13-9-5-8(10-6-12(14)17-16-10)1-2-11(9)18-4-3-15-7-18/h1-7H,(H3,14,16,17). The molecule has 3 rings (SSSR count). The van der Waals surface area contributed by atoms with Gasteiger partial charge in [0.05, 0.1) is 17.7 Å². The van der Waals surface area contributed by atoms with E-state index in [2.05, 4.69) is 31.1 Å². The molecule has 90 valence electrons. The van der Waals surface area contributed by atoms with Crippen molar-refractivity contribution >= 4 is 21.7 Å². The number of H-pyrrole nitrogens is 1. The summed E-state index contributed by atoms with van der Waals surface area (Å²) in [6.07, 6.45) is 5.40. The lowest BCUT2D eigenvalue weighted by Gasteiger charge is -2.06. The van der Waals surface area contributed by atoms with E-state index in [9.17, 15) is 0 Å². The average Bonchev–Trinajstić information content (AvgIpc) is 2.99. The van der Waals surface area contributed by atoms with Crippen LogP contribution in [0.5, 0.6) is 0 Å². The number of anilines is 1. The highest BCUT2D eigenvalue weighted by molar-refractivity contribution is 9.10. The van der Waals surface area contributed by atoms with E-state index in [1.807, 2.05) is 29.0 Å². The number of halogens is 1. The van der Waals surface area contributed by atoms with Crippen LogP contribution in [0.1, 0.15) is 0 Å². The van der Waals surface area contributed by atoms with E-state index in [-0.39, 0.29) is 0 Å². The lowest BCUT2D eigenvalue weighted by molar-refractivity contribution is 1.05. The smallest absolute Gasteiger partial charge is 0.145 e. The van der Waals surface area contributed by atoms with Crippen molar-refractivity contribution in [1.82, 2.24) is 19.7 Å². The normalized spacial score (nSPS) is 10.7. The second-order valence-electron chi connectivity index (χ2n) is 3.84. The van der Waals surface area contributed by atoms with Gasteiger partial charge in [0, 0.05) is 28.5 Å². The Labute approximate surface area is 112 Å². The Morgan fingerprint density at radius 3 is 2.78 bits per heavy atom. The summed E-state index contributed by atoms with van der Waals surface area (Å²) in [5.74, 6) is 0.486. The Hall–Kier alpha value is -2.08. The van der Waals surface area contributed by atoms with Crippen LogP contribution in [-0.4, -0.2) is 19.7 Å². The fraction of sp³-hybridized carbons (Fsp3) is 0. The van der Waals surface area contributed by atoms with Gasteiger partial charge in [-0.2, -0.15) is 5.10 Å². The number of nitrogens with one attached hydrogen (secondary N) is 1. The summed E-state index contributed by atoms with van der Waals surface area (Å²) in [7, 11) is 0. The summed E-state index contributed by atoms with van der Waals surface area (Å²) in [5, 5.41) is 6.81. The lowest BCUT2D eigenvalue weighted by Crippen LogP contribution is -1.91. The Morgan fingerprint density at radius 1 is 1.28 bits per heavy atom. The molecule has 3 aromatic rings. The van der Waals surface area contributed by atoms with Gasteiger partial charge in [-0.25, -0.2) is 4.98 Å². The number of nitrogens with two attached hydrogens (primary N) is 1. The monoisotopic (exact) mass is 303 g/mol. The molecule has 18 heavy (non-hydrogen) atoms. The maximum atomic E-state index is 5.59. The highest BCUT2D eigenvalue weighted by Crippen LogP contribution is 2.27. The van der Waals surface area contributed by atoms with Gasteiger partial charge in [0.15, 0.2) is 0 Å². The first-order valence-corrected chi connectivity index (χ1v) is 6.12. The maximum absolute atomic E-state index is 5.59. The topological polar surface area (TPSA) is 72.5 Å². The van der Waals surface area contributed by atoms with E-state index in [0.717, 1.165) is 21.4 Å². The summed E-state index contributed by atoms with van der Waals surface area (Å²) in [6, 6.07) is 7.84. The molecule has 0 bridgehead atoms. The molecule has 0 aliphatic carbocycles. The van der Waals surface area contributed by atoms with Gasteiger partial charge in [0.25, 0.3) is 0 Å². The first kappa shape index (κ1) is 11.0. The number of nitrogens with zero attached hydrogens (tertiary/aromatic N) is 3. The molecule has 0 unspecified atom stereocenters. The van der Waals surface area contributed by atoms with Crippen molar-refractivity contribution in [2.24, 2.45) is 0 Å². The zero-order valence-electron chi connectivity index (χ0n) is 9.34. The van der Waals surface area contributed by atoms with Crippen LogP contribution in [0, 0.1) is 0 Å². The third-order valence-electron chi connectivity index (χ3n) is 2.64. The third-order valence-corrected chi connectivity index (χ3v) is 3.27. The van der Waals surface area contributed by atoms with E-state index >= 15 is 0 Å². The number of aromatic amines is 1. The van der Waals surface area contributed by atoms with Crippen LogP contribution < -0.4 is 5.73 Å². The van der Waals surface area contributed by atoms with Crippen LogP contribution in [0.4, 0.5) is 5.82 Å². The molecule has 0 amide bonds. The van der Waals surface area contributed by atoms with Crippen molar-refractivity contribution in [3.8, 4) is 16.9 Å². The zero-order valence-corrected chi connectivity index (χ0v) is 10.9. The Morgan fingerprint density at radius 2 is 2.17 bits per heavy atom. The van der Waals surface area contributed by atoms with Crippen LogP contribution in [0.2, 0.25) is 0 Å². The van der Waals surface area contributed by atoms with Crippen LogP contribution in [0.15, 0.2) is 47.5 Å². The van der Waals surface area contributed by atoms with Crippen molar-refractivity contribution in [3.63, 3.8) is 0 Å². The summed E-state index contributed by atoms with van der Waals surface area (Å²) < 4.78 is 2.92. The molecule has 0 atom stereocenters. The van der Waals surface area contributed by atoms with Crippen molar-refractivity contribution < 1.29 is 0 Å². The molecule has 2 heterocycles. The van der Waals surface area contributed by atoms with Crippen LogP contribution >= 0.6 is 15.9 Å². The number of hydrogen-bond acceptors (Lipinski definition) is 3. The molecular weight excluding hydrogens is 294 g/mol. The van der Waals surface area contributed by atoms with E-state index in [0.29, 0.717) is 5.82 Å². The second kappa shape index (κ2) is 4.30. The van der Waals surface area contributed by atoms with Crippen molar-refractivity contribution in [3.05, 3.63) is 47.5 Å². The quantitative estimate of drug-likeness (QED) is 0.764. The molecule has 0 radical (unpaired) electrons. The van der Waals surface area contributed by atoms with Gasteiger partial charge >= 0.3 is 0 Å². The van der Waals surface area contributed by atoms with Gasteiger partial charge in [-0.1, -0.05) is 6.07 Å². The number of benzene rings is 1. The minimum absolute atomic E-state index is 0.486. The predicted molar refractivity (Wildman–Crippen MR) is 73.3 cm³/mol. The summed E-state index contributed by atoms with van der Waals surface area (Å²) >= 11 is 3.56. The third kappa shape index (κ3) is 1.91. The van der Waals surface area contributed by atoms with Crippen LogP contribution in [-0.2, 0) is 0 Å². The average molecular weight is 304 g/mol. The summed E-state index contributed by atoms with van der Waals surface area (Å²) in [6.45, 7) is 0. The molecule has 0 saturated heterocycles. The number of imidazole rings is 1. The zero-order chi connectivity index (χ0) is 12.5. The van der Waals surface area contributed by atoms with Crippen molar-refractivity contribution in [1.29, 1.82) is 0 Å². The Kier molecular flexibility index (Phi) is 2.64. The van der Waals surface area contributed by atoms with Crippen molar-refractivity contribution in [2.45, 2.75) is 0 Å².